The van der Waals surface area contributed by atoms with Crippen LogP contribution in [0.25, 0.3) is 33.6 Å². The second-order valence-corrected chi connectivity index (χ2v) is 7.32. The number of nitrogen functional groups attached to an aromatic ring is 1. The molecule has 6 heteroatoms. The molecule has 27 heavy (non-hydrogen) atoms. The lowest BCUT2D eigenvalue weighted by atomic mass is 10.0. The van der Waals surface area contributed by atoms with Crippen molar-refractivity contribution in [1.82, 2.24) is 15.0 Å². The Labute approximate surface area is 161 Å². The van der Waals surface area contributed by atoms with E-state index >= 15 is 0 Å². The van der Waals surface area contributed by atoms with Crippen LogP contribution < -0.4 is 5.73 Å². The maximum Gasteiger partial charge on any atom is 0.154 e. The molecule has 0 aliphatic heterocycles. The first kappa shape index (κ1) is 16.3. The van der Waals surface area contributed by atoms with E-state index < -0.39 is 0 Å². The van der Waals surface area contributed by atoms with E-state index in [0.29, 0.717) is 28.2 Å². The van der Waals surface area contributed by atoms with Crippen LogP contribution in [0.15, 0.2) is 47.0 Å². The fourth-order valence-electron chi connectivity index (χ4n) is 3.34. The fourth-order valence-corrected chi connectivity index (χ4v) is 3.61. The highest BCUT2D eigenvalue weighted by Gasteiger charge is 2.30. The number of aromatic nitrogens is 3. The molecule has 0 unspecified atom stereocenters. The molecule has 0 spiro atoms. The number of nitrogens with two attached hydrogens (primary N) is 1. The number of nitrogens with zero attached hydrogens (tertiary/aromatic N) is 3. The van der Waals surface area contributed by atoms with Crippen molar-refractivity contribution in [3.8, 4) is 22.7 Å². The molecule has 3 heterocycles. The van der Waals surface area contributed by atoms with Gasteiger partial charge in [0.05, 0.1) is 16.2 Å². The number of hydrogen-bond donors (Lipinski definition) is 1. The lowest BCUT2D eigenvalue weighted by Crippen LogP contribution is -2.04. The molecular formula is C21H17ClN4O. The molecule has 134 valence electrons. The Bertz CT molecular complexity index is 1180. The monoisotopic (exact) mass is 376 g/mol. The lowest BCUT2D eigenvalue weighted by Gasteiger charge is -2.12. The predicted molar refractivity (Wildman–Crippen MR) is 107 cm³/mol. The third-order valence-electron chi connectivity index (χ3n) is 4.82. The van der Waals surface area contributed by atoms with Gasteiger partial charge >= 0.3 is 0 Å². The summed E-state index contributed by atoms with van der Waals surface area (Å²) in [7, 11) is 0. The SMILES string of the molecule is Cc1ccc(-c2nc(N)c(C3CC3)nc2-c2cc(Cl)c3ncccc3c2)o1. The molecule has 0 bridgehead atoms. The van der Waals surface area contributed by atoms with E-state index in [4.69, 9.17) is 26.7 Å². The number of anilines is 1. The molecule has 5 nitrogen and oxygen atoms in total. The molecule has 0 saturated heterocycles. The highest BCUT2D eigenvalue weighted by Crippen LogP contribution is 2.44. The third-order valence-corrected chi connectivity index (χ3v) is 5.11. The molecule has 1 fully saturated rings. The number of hydrogen-bond acceptors (Lipinski definition) is 5. The van der Waals surface area contributed by atoms with Gasteiger partial charge in [-0.05, 0) is 50.1 Å². The van der Waals surface area contributed by atoms with Crippen LogP contribution in [0.3, 0.4) is 0 Å². The summed E-state index contributed by atoms with van der Waals surface area (Å²) in [5.74, 6) is 2.31. The van der Waals surface area contributed by atoms with Gasteiger partial charge in [0.2, 0.25) is 0 Å². The van der Waals surface area contributed by atoms with E-state index in [1.807, 2.05) is 43.3 Å². The lowest BCUT2D eigenvalue weighted by molar-refractivity contribution is 0.546. The molecule has 0 radical (unpaired) electrons. The second kappa shape index (κ2) is 6.06. The van der Waals surface area contributed by atoms with E-state index in [1.165, 1.54) is 0 Å². The van der Waals surface area contributed by atoms with E-state index in [-0.39, 0.29) is 0 Å². The zero-order chi connectivity index (χ0) is 18.5. The van der Waals surface area contributed by atoms with Gasteiger partial charge in [0.25, 0.3) is 0 Å². The van der Waals surface area contributed by atoms with Gasteiger partial charge in [0.15, 0.2) is 5.76 Å². The Kier molecular flexibility index (Phi) is 3.65. The number of aryl methyl sites for hydroxylation is 1. The molecule has 1 aliphatic rings. The quantitative estimate of drug-likeness (QED) is 0.519. The van der Waals surface area contributed by atoms with Crippen LogP contribution in [0.5, 0.6) is 0 Å². The normalized spacial score (nSPS) is 14.0. The van der Waals surface area contributed by atoms with Crippen molar-refractivity contribution < 1.29 is 4.42 Å². The molecule has 1 aliphatic carbocycles. The Morgan fingerprint density at radius 2 is 1.96 bits per heavy atom. The van der Waals surface area contributed by atoms with E-state index in [0.717, 1.165) is 46.5 Å². The van der Waals surface area contributed by atoms with Gasteiger partial charge in [-0.25, -0.2) is 9.97 Å². The zero-order valence-electron chi connectivity index (χ0n) is 14.7. The van der Waals surface area contributed by atoms with Crippen molar-refractivity contribution in [3.63, 3.8) is 0 Å². The summed E-state index contributed by atoms with van der Waals surface area (Å²) in [6, 6.07) is 11.6. The van der Waals surface area contributed by atoms with Crippen LogP contribution in [0, 0.1) is 6.92 Å². The minimum Gasteiger partial charge on any atom is -0.460 e. The van der Waals surface area contributed by atoms with Crippen LogP contribution >= 0.6 is 11.6 Å². The molecule has 1 saturated carbocycles. The van der Waals surface area contributed by atoms with Gasteiger partial charge in [-0.1, -0.05) is 17.7 Å². The molecule has 1 aromatic carbocycles. The van der Waals surface area contributed by atoms with Crippen molar-refractivity contribution >= 4 is 28.3 Å². The minimum atomic E-state index is 0.390. The Morgan fingerprint density at radius 1 is 1.11 bits per heavy atom. The highest BCUT2D eigenvalue weighted by molar-refractivity contribution is 6.35. The second-order valence-electron chi connectivity index (χ2n) is 6.91. The fraction of sp³-hybridized carbons (Fsp3) is 0.190. The number of fused-ring (bicyclic) bond motifs is 1. The van der Waals surface area contributed by atoms with Crippen molar-refractivity contribution in [3.05, 3.63) is 59.1 Å². The predicted octanol–water partition coefficient (Wildman–Crippen LogP) is 5.37. The number of furan rings is 1. The first-order chi connectivity index (χ1) is 13.1. The number of rotatable bonds is 3. The summed E-state index contributed by atoms with van der Waals surface area (Å²) in [5, 5.41) is 1.53. The number of halogens is 1. The Hall–Kier alpha value is -2.92. The Balaban J connectivity index is 1.78. The molecular weight excluding hydrogens is 360 g/mol. The van der Waals surface area contributed by atoms with Crippen molar-refractivity contribution in [2.45, 2.75) is 25.7 Å². The topological polar surface area (TPSA) is 77.8 Å². The highest BCUT2D eigenvalue weighted by atomic mass is 35.5. The summed E-state index contributed by atoms with van der Waals surface area (Å²) < 4.78 is 5.82. The number of pyridine rings is 1. The number of benzene rings is 1. The average molecular weight is 377 g/mol. The van der Waals surface area contributed by atoms with Crippen molar-refractivity contribution in [2.75, 3.05) is 5.73 Å². The van der Waals surface area contributed by atoms with Gasteiger partial charge in [-0.15, -0.1) is 0 Å². The van der Waals surface area contributed by atoms with Crippen LogP contribution in [-0.4, -0.2) is 15.0 Å². The first-order valence-electron chi connectivity index (χ1n) is 8.89. The molecule has 0 atom stereocenters. The molecule has 5 rings (SSSR count). The smallest absolute Gasteiger partial charge is 0.154 e. The van der Waals surface area contributed by atoms with Gasteiger partial charge in [-0.3, -0.25) is 4.98 Å². The minimum absolute atomic E-state index is 0.390. The molecule has 0 amide bonds. The maximum atomic E-state index is 6.50. The standard InChI is InChI=1S/C21H17ClN4O/c1-11-4-7-16(27-11)20-18(25-19(12-5-6-12)21(23)26-20)14-9-13-3-2-8-24-17(13)15(22)10-14/h2-4,7-10,12H,5-6H2,1H3,(H2,23,26). The third kappa shape index (κ3) is 2.84. The summed E-state index contributed by atoms with van der Waals surface area (Å²) in [4.78, 5) is 13.9. The van der Waals surface area contributed by atoms with Crippen molar-refractivity contribution in [2.24, 2.45) is 0 Å². The maximum absolute atomic E-state index is 6.50. The largest absolute Gasteiger partial charge is 0.460 e. The molecule has 3 aromatic heterocycles. The van der Waals surface area contributed by atoms with E-state index in [2.05, 4.69) is 9.97 Å². The van der Waals surface area contributed by atoms with Gasteiger partial charge in [0.1, 0.15) is 23.0 Å². The van der Waals surface area contributed by atoms with Gasteiger partial charge < -0.3 is 10.2 Å². The van der Waals surface area contributed by atoms with Gasteiger partial charge in [0, 0.05) is 23.1 Å². The Morgan fingerprint density at radius 3 is 2.70 bits per heavy atom. The summed E-state index contributed by atoms with van der Waals surface area (Å²) in [6.45, 7) is 1.90. The molecule has 4 aromatic rings. The van der Waals surface area contributed by atoms with Crippen LogP contribution in [0.4, 0.5) is 5.82 Å². The van der Waals surface area contributed by atoms with Gasteiger partial charge in [-0.2, -0.15) is 0 Å². The zero-order valence-corrected chi connectivity index (χ0v) is 15.5. The summed E-state index contributed by atoms with van der Waals surface area (Å²) in [6.07, 6.45) is 3.93. The molecule has 2 N–H and O–H groups in total. The van der Waals surface area contributed by atoms with E-state index in [1.54, 1.807) is 6.20 Å². The first-order valence-corrected chi connectivity index (χ1v) is 9.27. The van der Waals surface area contributed by atoms with Crippen LogP contribution in [0.2, 0.25) is 5.02 Å². The van der Waals surface area contributed by atoms with Crippen LogP contribution in [-0.2, 0) is 0 Å². The summed E-state index contributed by atoms with van der Waals surface area (Å²) >= 11 is 6.50. The average Bonchev–Trinajstić information content (AvgIpc) is 3.42. The van der Waals surface area contributed by atoms with Crippen LogP contribution in [0.1, 0.15) is 30.2 Å². The van der Waals surface area contributed by atoms with Crippen molar-refractivity contribution in [1.29, 1.82) is 0 Å². The summed E-state index contributed by atoms with van der Waals surface area (Å²) in [5.41, 5.74) is 10.1. The van der Waals surface area contributed by atoms with E-state index in [9.17, 15) is 0 Å².